The van der Waals surface area contributed by atoms with Crippen molar-refractivity contribution in [1.29, 1.82) is 0 Å². The second-order valence-corrected chi connectivity index (χ2v) is 17.4. The van der Waals surface area contributed by atoms with E-state index in [-0.39, 0.29) is 54.3 Å². The van der Waals surface area contributed by atoms with Gasteiger partial charge in [0.25, 0.3) is 29.5 Å². The molecule has 17 heteroatoms. The van der Waals surface area contributed by atoms with Gasteiger partial charge in [-0.15, -0.1) is 11.3 Å². The van der Waals surface area contributed by atoms with Crippen LogP contribution in [0.25, 0.3) is 0 Å². The SMILES string of the molecule is O=C1CCC(N2C(=O)c3cccc(NCCCCN4CCC(NC(=O)c5ccc(C#Cc6ccc7c(c6)C(=O)N(C(C(=O)Nc6nccs6)c6ccccc6)C7)cn5)CC4)c3C2=O)C(=O)N1. The number of anilines is 2. The zero-order valence-corrected chi connectivity index (χ0v) is 36.6. The summed E-state index contributed by atoms with van der Waals surface area (Å²) in [5.74, 6) is 3.23. The van der Waals surface area contributed by atoms with Gasteiger partial charge in [0.1, 0.15) is 17.8 Å². The van der Waals surface area contributed by atoms with Crippen LogP contribution in [0.15, 0.2) is 96.6 Å². The van der Waals surface area contributed by atoms with Crippen LogP contribution in [-0.2, 0) is 20.9 Å². The molecule has 6 heterocycles. The molecule has 0 radical (unpaired) electrons. The summed E-state index contributed by atoms with van der Waals surface area (Å²) in [7, 11) is 0. The number of hydrogen-bond acceptors (Lipinski definition) is 12. The number of rotatable bonds is 13. The van der Waals surface area contributed by atoms with Crippen LogP contribution in [0.4, 0.5) is 10.8 Å². The molecule has 2 atom stereocenters. The van der Waals surface area contributed by atoms with E-state index in [1.807, 2.05) is 42.5 Å². The minimum atomic E-state index is -1.01. The molecule has 2 unspecified atom stereocenters. The van der Waals surface area contributed by atoms with Gasteiger partial charge in [0.15, 0.2) is 5.13 Å². The quantitative estimate of drug-likeness (QED) is 0.0721. The zero-order valence-electron chi connectivity index (χ0n) is 35.7. The van der Waals surface area contributed by atoms with Crippen LogP contribution in [0.2, 0.25) is 0 Å². The average Bonchev–Trinajstić information content (AvgIpc) is 4.03. The van der Waals surface area contributed by atoms with E-state index in [9.17, 15) is 33.6 Å². The summed E-state index contributed by atoms with van der Waals surface area (Å²) in [6.07, 6.45) is 6.67. The first kappa shape index (κ1) is 43.7. The smallest absolute Gasteiger partial charge is 0.270 e. The second-order valence-electron chi connectivity index (χ2n) is 16.5. The lowest BCUT2D eigenvalue weighted by Gasteiger charge is -2.32. The van der Waals surface area contributed by atoms with E-state index in [0.29, 0.717) is 45.3 Å². The Hall–Kier alpha value is -7.55. The van der Waals surface area contributed by atoms with Gasteiger partial charge in [0, 0.05) is 78.8 Å². The number of fused-ring (bicyclic) bond motifs is 2. The molecule has 3 aromatic carbocycles. The molecular weight excluding hydrogens is 859 g/mol. The number of thiazole rings is 1. The molecule has 0 spiro atoms. The number of benzene rings is 3. The van der Waals surface area contributed by atoms with E-state index in [0.717, 1.165) is 55.8 Å². The first-order valence-corrected chi connectivity index (χ1v) is 22.8. The summed E-state index contributed by atoms with van der Waals surface area (Å²) in [6, 6.07) is 21.3. The average molecular weight is 904 g/mol. The van der Waals surface area contributed by atoms with Crippen LogP contribution >= 0.6 is 11.3 Å². The van der Waals surface area contributed by atoms with Crippen LogP contribution in [-0.4, -0.2) is 104 Å². The van der Waals surface area contributed by atoms with Gasteiger partial charge in [-0.3, -0.25) is 49.1 Å². The Bertz CT molecular complexity index is 2780. The Morgan fingerprint density at radius 3 is 2.39 bits per heavy atom. The molecule has 2 saturated heterocycles. The lowest BCUT2D eigenvalue weighted by molar-refractivity contribution is -0.136. The third-order valence-electron chi connectivity index (χ3n) is 12.2. The van der Waals surface area contributed by atoms with Crippen molar-refractivity contribution < 1.29 is 33.6 Å². The number of nitrogens with zero attached hydrogens (tertiary/aromatic N) is 5. The number of carbonyl (C=O) groups excluding carboxylic acids is 7. The van der Waals surface area contributed by atoms with Crippen molar-refractivity contribution in [2.45, 2.75) is 63.2 Å². The number of unbranched alkanes of at least 4 members (excludes halogenated alkanes) is 1. The maximum Gasteiger partial charge on any atom is 0.270 e. The Balaban J connectivity index is 0.717. The number of aromatic nitrogens is 2. The van der Waals surface area contributed by atoms with Crippen LogP contribution < -0.4 is 21.3 Å². The highest BCUT2D eigenvalue weighted by Crippen LogP contribution is 2.34. The summed E-state index contributed by atoms with van der Waals surface area (Å²) >= 11 is 1.31. The standard InChI is InChI=1S/C49H45N9O7S/c59-40-18-17-39(44(61)54-40)58-47(64)35-9-6-10-37(41(35)48(58)65)50-21-4-5-23-56-24-19-34(20-25-56)53-43(60)38-16-14-31(28-52-38)12-11-30-13-15-33-29-57(46(63)36(33)27-30)42(32-7-2-1-3-8-32)45(62)55-49-51-22-26-66-49/h1-3,6-10,13-16,22,26-28,34,39,42,50H,4-5,17-21,23-25,29H2,(H,53,60)(H,51,55,62)(H,54,59,61). The van der Waals surface area contributed by atoms with Gasteiger partial charge in [0.05, 0.1) is 11.1 Å². The monoisotopic (exact) mass is 903 g/mol. The molecule has 0 aliphatic carbocycles. The Morgan fingerprint density at radius 1 is 0.833 bits per heavy atom. The minimum Gasteiger partial charge on any atom is -0.384 e. The van der Waals surface area contributed by atoms with Gasteiger partial charge < -0.3 is 20.4 Å². The number of carbonyl (C=O) groups is 7. The summed E-state index contributed by atoms with van der Waals surface area (Å²) in [4.78, 5) is 105. The molecule has 0 saturated carbocycles. The van der Waals surface area contributed by atoms with Gasteiger partial charge in [-0.05, 0) is 86.2 Å². The van der Waals surface area contributed by atoms with Gasteiger partial charge >= 0.3 is 0 Å². The van der Waals surface area contributed by atoms with Crippen molar-refractivity contribution in [3.63, 3.8) is 0 Å². The van der Waals surface area contributed by atoms with Gasteiger partial charge in [-0.1, -0.05) is 54.3 Å². The predicted octanol–water partition coefficient (Wildman–Crippen LogP) is 4.76. The van der Waals surface area contributed by atoms with Crippen molar-refractivity contribution in [2.24, 2.45) is 0 Å². The minimum absolute atomic E-state index is 0.0191. The lowest BCUT2D eigenvalue weighted by atomic mass is 10.0. The highest BCUT2D eigenvalue weighted by atomic mass is 32.1. The fraction of sp³-hybridized carbons (Fsp3) is 0.286. The first-order chi connectivity index (χ1) is 32.1. The molecule has 7 amide bonds. The third kappa shape index (κ3) is 9.32. The molecule has 4 aliphatic rings. The van der Waals surface area contributed by atoms with Crippen molar-refractivity contribution >= 4 is 63.5 Å². The van der Waals surface area contributed by atoms with Crippen LogP contribution in [0.1, 0.15) is 108 Å². The third-order valence-corrected chi connectivity index (χ3v) is 12.9. The fourth-order valence-corrected chi connectivity index (χ4v) is 9.36. The fourth-order valence-electron chi connectivity index (χ4n) is 8.83. The van der Waals surface area contributed by atoms with Crippen molar-refractivity contribution in [2.75, 3.05) is 36.8 Å². The summed E-state index contributed by atoms with van der Waals surface area (Å²) in [6.45, 7) is 3.40. The molecule has 334 valence electrons. The van der Waals surface area contributed by atoms with E-state index in [4.69, 9.17) is 0 Å². The van der Waals surface area contributed by atoms with Crippen molar-refractivity contribution in [1.82, 2.24) is 35.3 Å². The number of likely N-dealkylation sites (tertiary alicyclic amines) is 1. The molecule has 4 aliphatic heterocycles. The van der Waals surface area contributed by atoms with E-state index in [1.165, 1.54) is 11.3 Å². The first-order valence-electron chi connectivity index (χ1n) is 21.9. The number of pyridine rings is 1. The maximum absolute atomic E-state index is 13.8. The topological polar surface area (TPSA) is 203 Å². The van der Waals surface area contributed by atoms with Crippen LogP contribution in [0, 0.1) is 11.8 Å². The molecule has 9 rings (SSSR count). The van der Waals surface area contributed by atoms with E-state index >= 15 is 0 Å². The molecule has 2 fully saturated rings. The highest BCUT2D eigenvalue weighted by molar-refractivity contribution is 7.13. The normalized spacial score (nSPS) is 17.7. The largest absolute Gasteiger partial charge is 0.384 e. The molecule has 5 aromatic rings. The second kappa shape index (κ2) is 19.3. The van der Waals surface area contributed by atoms with E-state index < -0.39 is 35.7 Å². The van der Waals surface area contributed by atoms with E-state index in [2.05, 4.69) is 48.0 Å². The molecular formula is C49H45N9O7S. The lowest BCUT2D eigenvalue weighted by Crippen LogP contribution is -2.54. The number of hydrogen-bond donors (Lipinski definition) is 4. The predicted molar refractivity (Wildman–Crippen MR) is 244 cm³/mol. The number of nitrogens with one attached hydrogen (secondary N) is 4. The maximum atomic E-state index is 13.8. The Kier molecular flexibility index (Phi) is 12.8. The summed E-state index contributed by atoms with van der Waals surface area (Å²) in [5.41, 5.74) is 4.56. The molecule has 0 bridgehead atoms. The summed E-state index contributed by atoms with van der Waals surface area (Å²) in [5, 5.41) is 13.7. The van der Waals surface area contributed by atoms with Gasteiger partial charge in [-0.2, -0.15) is 0 Å². The molecule has 16 nitrogen and oxygen atoms in total. The number of piperidine rings is 2. The number of amides is 7. The molecule has 4 N–H and O–H groups in total. The Labute approximate surface area is 384 Å². The summed E-state index contributed by atoms with van der Waals surface area (Å²) < 4.78 is 0. The highest BCUT2D eigenvalue weighted by Gasteiger charge is 2.45. The number of imide groups is 2. The van der Waals surface area contributed by atoms with Crippen LogP contribution in [0.3, 0.4) is 0 Å². The zero-order chi connectivity index (χ0) is 45.7. The van der Waals surface area contributed by atoms with Crippen molar-refractivity contribution in [3.8, 4) is 11.8 Å². The van der Waals surface area contributed by atoms with Crippen molar-refractivity contribution in [3.05, 3.63) is 141 Å². The Morgan fingerprint density at radius 2 is 1.64 bits per heavy atom. The molecule has 66 heavy (non-hydrogen) atoms. The van der Waals surface area contributed by atoms with E-state index in [1.54, 1.807) is 59.1 Å². The van der Waals surface area contributed by atoms with Gasteiger partial charge in [0.2, 0.25) is 11.8 Å². The molecule has 2 aromatic heterocycles. The van der Waals surface area contributed by atoms with Crippen LogP contribution in [0.5, 0.6) is 0 Å². The van der Waals surface area contributed by atoms with Gasteiger partial charge in [-0.25, -0.2) is 9.97 Å².